The molecule has 146 valence electrons. The number of benzene rings is 1. The predicted molar refractivity (Wildman–Crippen MR) is 119 cm³/mol. The van der Waals surface area contributed by atoms with E-state index in [2.05, 4.69) is 26.6 Å². The Morgan fingerprint density at radius 1 is 1.19 bits per heavy atom. The molecule has 0 atom stereocenters. The highest BCUT2D eigenvalue weighted by Gasteiger charge is 2.17. The summed E-state index contributed by atoms with van der Waals surface area (Å²) in [7, 11) is 1.78. The van der Waals surface area contributed by atoms with Gasteiger partial charge in [-0.05, 0) is 24.1 Å². The fourth-order valence-electron chi connectivity index (χ4n) is 2.86. The third kappa shape index (κ3) is 8.09. The molecule has 8 heteroatoms. The highest BCUT2D eigenvalue weighted by atomic mass is 127. The molecule has 1 fully saturated rings. The summed E-state index contributed by atoms with van der Waals surface area (Å²) in [5.74, 6) is 0.978. The molecule has 2 rings (SSSR count). The second-order valence-electron chi connectivity index (χ2n) is 6.15. The Morgan fingerprint density at radius 2 is 1.88 bits per heavy atom. The van der Waals surface area contributed by atoms with Crippen molar-refractivity contribution >= 4 is 47.4 Å². The second-order valence-corrected chi connectivity index (χ2v) is 6.59. The van der Waals surface area contributed by atoms with Crippen molar-refractivity contribution in [2.24, 2.45) is 4.99 Å². The van der Waals surface area contributed by atoms with E-state index in [0.29, 0.717) is 0 Å². The van der Waals surface area contributed by atoms with Crippen LogP contribution in [0, 0.1) is 0 Å². The summed E-state index contributed by atoms with van der Waals surface area (Å²) >= 11 is 6.00. The van der Waals surface area contributed by atoms with Crippen LogP contribution in [-0.2, 0) is 11.2 Å². The molecule has 0 spiro atoms. The van der Waals surface area contributed by atoms with Crippen LogP contribution in [0.25, 0.3) is 0 Å². The van der Waals surface area contributed by atoms with Crippen LogP contribution in [0.4, 0.5) is 0 Å². The van der Waals surface area contributed by atoms with E-state index in [1.807, 2.05) is 23.1 Å². The van der Waals surface area contributed by atoms with Crippen LogP contribution in [-0.4, -0.2) is 74.5 Å². The van der Waals surface area contributed by atoms with Gasteiger partial charge in [0.05, 0.1) is 0 Å². The summed E-state index contributed by atoms with van der Waals surface area (Å²) in [5, 5.41) is 7.43. The van der Waals surface area contributed by atoms with Gasteiger partial charge in [0.25, 0.3) is 0 Å². The van der Waals surface area contributed by atoms with Crippen LogP contribution in [0.5, 0.6) is 0 Å². The van der Waals surface area contributed by atoms with Crippen molar-refractivity contribution in [1.82, 2.24) is 20.4 Å². The van der Waals surface area contributed by atoms with E-state index in [4.69, 9.17) is 11.6 Å². The molecule has 0 radical (unpaired) electrons. The quantitative estimate of drug-likeness (QED) is 0.361. The molecule has 1 aliphatic heterocycles. The molecule has 2 N–H and O–H groups in total. The fraction of sp³-hybridized carbons (Fsp3) is 0.556. The van der Waals surface area contributed by atoms with Crippen molar-refractivity contribution in [3.8, 4) is 0 Å². The molecular formula is C18H29ClIN5O. The van der Waals surface area contributed by atoms with E-state index in [1.54, 1.807) is 14.0 Å². The normalized spacial score (nSPS) is 15.3. The first-order chi connectivity index (χ1) is 12.1. The molecule has 1 aromatic rings. The van der Waals surface area contributed by atoms with Crippen LogP contribution >= 0.6 is 35.6 Å². The van der Waals surface area contributed by atoms with E-state index in [9.17, 15) is 4.79 Å². The molecule has 1 amide bonds. The Hall–Kier alpha value is -1.06. The van der Waals surface area contributed by atoms with E-state index in [0.717, 1.165) is 63.2 Å². The number of guanidine groups is 1. The SMILES string of the molecule is CN=C(NCCc1cccc(Cl)c1)NCCN1CCN(C(C)=O)CC1.I. The minimum absolute atomic E-state index is 0. The zero-order chi connectivity index (χ0) is 18.1. The van der Waals surface area contributed by atoms with Crippen LogP contribution in [0.15, 0.2) is 29.3 Å². The number of rotatable bonds is 6. The molecular weight excluding hydrogens is 465 g/mol. The number of amides is 1. The number of nitrogens with zero attached hydrogens (tertiary/aromatic N) is 3. The maximum Gasteiger partial charge on any atom is 0.219 e. The lowest BCUT2D eigenvalue weighted by molar-refractivity contribution is -0.130. The number of halogens is 2. The summed E-state index contributed by atoms with van der Waals surface area (Å²) in [4.78, 5) is 19.9. The van der Waals surface area contributed by atoms with E-state index < -0.39 is 0 Å². The molecule has 0 aliphatic carbocycles. The van der Waals surface area contributed by atoms with Crippen LogP contribution in [0.3, 0.4) is 0 Å². The number of nitrogens with one attached hydrogen (secondary N) is 2. The Labute approximate surface area is 178 Å². The van der Waals surface area contributed by atoms with Gasteiger partial charge in [0.15, 0.2) is 5.96 Å². The monoisotopic (exact) mass is 493 g/mol. The summed E-state index contributed by atoms with van der Waals surface area (Å²) < 4.78 is 0. The molecule has 0 unspecified atom stereocenters. The van der Waals surface area contributed by atoms with Crippen molar-refractivity contribution in [3.63, 3.8) is 0 Å². The summed E-state index contributed by atoms with van der Waals surface area (Å²) in [6.07, 6.45) is 0.897. The standard InChI is InChI=1S/C18H28ClN5O.HI/c1-15(25)24-12-10-23(11-13-24)9-8-22-18(20-2)21-7-6-16-4-3-5-17(19)14-16;/h3-5,14H,6-13H2,1-2H3,(H2,20,21,22);1H. The number of carbonyl (C=O) groups excluding carboxylic acids is 1. The molecule has 26 heavy (non-hydrogen) atoms. The van der Waals surface area contributed by atoms with Crippen molar-refractivity contribution in [1.29, 1.82) is 0 Å². The average Bonchev–Trinajstić information content (AvgIpc) is 2.61. The highest BCUT2D eigenvalue weighted by Crippen LogP contribution is 2.10. The minimum Gasteiger partial charge on any atom is -0.356 e. The zero-order valence-electron chi connectivity index (χ0n) is 15.5. The first-order valence-electron chi connectivity index (χ1n) is 8.75. The van der Waals surface area contributed by atoms with Crippen molar-refractivity contribution in [2.75, 3.05) is 52.9 Å². The summed E-state index contributed by atoms with van der Waals surface area (Å²) in [6.45, 7) is 7.72. The lowest BCUT2D eigenvalue weighted by atomic mass is 10.1. The lowest BCUT2D eigenvalue weighted by Crippen LogP contribution is -2.50. The number of hydrogen-bond acceptors (Lipinski definition) is 3. The number of piperazine rings is 1. The first-order valence-corrected chi connectivity index (χ1v) is 9.13. The minimum atomic E-state index is 0. The third-order valence-corrected chi connectivity index (χ3v) is 4.59. The molecule has 1 heterocycles. The molecule has 1 aliphatic rings. The Balaban J connectivity index is 0.00000338. The van der Waals surface area contributed by atoms with Crippen LogP contribution < -0.4 is 10.6 Å². The largest absolute Gasteiger partial charge is 0.356 e. The van der Waals surface area contributed by atoms with Gasteiger partial charge >= 0.3 is 0 Å². The Bertz CT molecular complexity index is 591. The van der Waals surface area contributed by atoms with Gasteiger partial charge < -0.3 is 15.5 Å². The van der Waals surface area contributed by atoms with E-state index >= 15 is 0 Å². The van der Waals surface area contributed by atoms with Gasteiger partial charge in [-0.15, -0.1) is 24.0 Å². The average molecular weight is 494 g/mol. The molecule has 1 aromatic carbocycles. The Morgan fingerprint density at radius 3 is 2.50 bits per heavy atom. The highest BCUT2D eigenvalue weighted by molar-refractivity contribution is 14.0. The van der Waals surface area contributed by atoms with Crippen LogP contribution in [0.2, 0.25) is 5.02 Å². The topological polar surface area (TPSA) is 60.0 Å². The van der Waals surface area contributed by atoms with Gasteiger partial charge in [-0.3, -0.25) is 14.7 Å². The summed E-state index contributed by atoms with van der Waals surface area (Å²) in [5.41, 5.74) is 1.21. The smallest absolute Gasteiger partial charge is 0.219 e. The lowest BCUT2D eigenvalue weighted by Gasteiger charge is -2.34. The predicted octanol–water partition coefficient (Wildman–Crippen LogP) is 1.83. The number of hydrogen-bond donors (Lipinski definition) is 2. The van der Waals surface area contributed by atoms with Gasteiger partial charge in [0.1, 0.15) is 0 Å². The molecule has 0 bridgehead atoms. The fourth-order valence-corrected chi connectivity index (χ4v) is 3.07. The van der Waals surface area contributed by atoms with Gasteiger partial charge in [0.2, 0.25) is 5.91 Å². The van der Waals surface area contributed by atoms with Crippen molar-refractivity contribution < 1.29 is 4.79 Å². The summed E-state index contributed by atoms with van der Waals surface area (Å²) in [6, 6.07) is 7.91. The molecule has 0 saturated carbocycles. The third-order valence-electron chi connectivity index (χ3n) is 4.36. The first kappa shape index (κ1) is 23.0. The molecule has 1 saturated heterocycles. The second kappa shape index (κ2) is 12.3. The number of aliphatic imine (C=N–C) groups is 1. The van der Waals surface area contributed by atoms with Crippen LogP contribution in [0.1, 0.15) is 12.5 Å². The van der Waals surface area contributed by atoms with Crippen molar-refractivity contribution in [2.45, 2.75) is 13.3 Å². The van der Waals surface area contributed by atoms with Gasteiger partial charge in [0, 0.05) is 64.8 Å². The van der Waals surface area contributed by atoms with Gasteiger partial charge in [-0.25, -0.2) is 0 Å². The Kier molecular flexibility index (Phi) is 10.9. The number of carbonyl (C=O) groups is 1. The van der Waals surface area contributed by atoms with E-state index in [-0.39, 0.29) is 29.9 Å². The maximum atomic E-state index is 11.3. The maximum absolute atomic E-state index is 11.3. The van der Waals surface area contributed by atoms with E-state index in [1.165, 1.54) is 5.56 Å². The van der Waals surface area contributed by atoms with Crippen molar-refractivity contribution in [3.05, 3.63) is 34.9 Å². The molecule has 0 aromatic heterocycles. The zero-order valence-corrected chi connectivity index (χ0v) is 18.6. The van der Waals surface area contributed by atoms with Gasteiger partial charge in [-0.1, -0.05) is 23.7 Å². The van der Waals surface area contributed by atoms with Gasteiger partial charge in [-0.2, -0.15) is 0 Å². The molecule has 6 nitrogen and oxygen atoms in total.